The van der Waals surface area contributed by atoms with Crippen LogP contribution in [0.4, 0.5) is 0 Å². The predicted octanol–water partition coefficient (Wildman–Crippen LogP) is 2.89. The van der Waals surface area contributed by atoms with Gasteiger partial charge in [-0.1, -0.05) is 12.8 Å². The minimum atomic E-state index is 0.708. The molecule has 1 unspecified atom stereocenters. The molecule has 17 heavy (non-hydrogen) atoms. The van der Waals surface area contributed by atoms with E-state index in [2.05, 4.69) is 31.1 Å². The molecule has 2 nitrogen and oxygen atoms in total. The third-order valence-electron chi connectivity index (χ3n) is 5.10. The second-order valence-electron chi connectivity index (χ2n) is 6.43. The Bertz CT molecular complexity index is 215. The van der Waals surface area contributed by atoms with Crippen LogP contribution in [0.5, 0.6) is 0 Å². The minimum Gasteiger partial charge on any atom is -0.311 e. The van der Waals surface area contributed by atoms with E-state index in [1.165, 1.54) is 51.6 Å². The summed E-state index contributed by atoms with van der Waals surface area (Å²) in [7, 11) is 2.25. The zero-order valence-electron chi connectivity index (χ0n) is 11.9. The van der Waals surface area contributed by atoms with E-state index in [1.54, 1.807) is 0 Å². The van der Waals surface area contributed by atoms with E-state index in [1.807, 2.05) is 0 Å². The largest absolute Gasteiger partial charge is 0.311 e. The van der Waals surface area contributed by atoms with Crippen molar-refractivity contribution in [3.8, 4) is 0 Å². The summed E-state index contributed by atoms with van der Waals surface area (Å²) in [6.45, 7) is 7.38. The number of nitrogens with zero attached hydrogens (tertiary/aromatic N) is 1. The molecular formula is C15H30N2. The van der Waals surface area contributed by atoms with E-state index < -0.39 is 0 Å². The number of hydrogen-bond donors (Lipinski definition) is 1. The average Bonchev–Trinajstić information content (AvgIpc) is 2.83. The molecule has 100 valence electrons. The number of nitrogens with one attached hydrogen (secondary N) is 1. The van der Waals surface area contributed by atoms with Crippen LogP contribution in [0.15, 0.2) is 0 Å². The second kappa shape index (κ2) is 6.19. The molecule has 2 rings (SSSR count). The molecule has 0 bridgehead atoms. The van der Waals surface area contributed by atoms with Crippen molar-refractivity contribution in [1.82, 2.24) is 10.2 Å². The maximum absolute atomic E-state index is 3.89. The van der Waals surface area contributed by atoms with Gasteiger partial charge in [0.25, 0.3) is 0 Å². The molecule has 0 aromatic heterocycles. The molecule has 0 aromatic carbocycles. The van der Waals surface area contributed by atoms with Crippen molar-refractivity contribution in [3.63, 3.8) is 0 Å². The summed E-state index contributed by atoms with van der Waals surface area (Å²) < 4.78 is 0. The average molecular weight is 238 g/mol. The van der Waals surface area contributed by atoms with Gasteiger partial charge in [-0.15, -0.1) is 0 Å². The Morgan fingerprint density at radius 2 is 1.35 bits per heavy atom. The second-order valence-corrected chi connectivity index (χ2v) is 6.43. The lowest BCUT2D eigenvalue weighted by molar-refractivity contribution is 0.178. The molecule has 0 amide bonds. The highest BCUT2D eigenvalue weighted by Crippen LogP contribution is 2.28. The van der Waals surface area contributed by atoms with Gasteiger partial charge in [-0.3, -0.25) is 0 Å². The summed E-state index contributed by atoms with van der Waals surface area (Å²) in [5, 5.41) is 3.89. The SMILES string of the molecule is CC(N[C@H](C)C1CCCC1)C1CCN(C)CC1. The predicted molar refractivity (Wildman–Crippen MR) is 74.2 cm³/mol. The van der Waals surface area contributed by atoms with Gasteiger partial charge in [-0.25, -0.2) is 0 Å². The number of piperidine rings is 1. The highest BCUT2D eigenvalue weighted by atomic mass is 15.1. The quantitative estimate of drug-likeness (QED) is 0.810. The molecule has 0 radical (unpaired) electrons. The lowest BCUT2D eigenvalue weighted by Crippen LogP contribution is -2.45. The van der Waals surface area contributed by atoms with E-state index in [4.69, 9.17) is 0 Å². The van der Waals surface area contributed by atoms with Gasteiger partial charge < -0.3 is 10.2 Å². The van der Waals surface area contributed by atoms with Gasteiger partial charge in [0.15, 0.2) is 0 Å². The van der Waals surface area contributed by atoms with Crippen LogP contribution in [0.2, 0.25) is 0 Å². The molecule has 1 aliphatic carbocycles. The van der Waals surface area contributed by atoms with Crippen molar-refractivity contribution < 1.29 is 0 Å². The maximum Gasteiger partial charge on any atom is 0.00705 e. The zero-order valence-corrected chi connectivity index (χ0v) is 11.9. The normalized spacial score (nSPS) is 28.4. The highest BCUT2D eigenvalue weighted by Gasteiger charge is 2.26. The molecule has 2 aliphatic rings. The molecule has 0 aromatic rings. The van der Waals surface area contributed by atoms with Crippen LogP contribution in [0.3, 0.4) is 0 Å². The molecule has 0 spiro atoms. The lowest BCUT2D eigenvalue weighted by atomic mass is 9.89. The molecule has 1 saturated carbocycles. The first-order valence-corrected chi connectivity index (χ1v) is 7.61. The summed E-state index contributed by atoms with van der Waals surface area (Å²) in [5.74, 6) is 1.85. The van der Waals surface area contributed by atoms with Gasteiger partial charge in [0.05, 0.1) is 0 Å². The molecule has 1 aliphatic heterocycles. The number of rotatable bonds is 4. The number of likely N-dealkylation sites (tertiary alicyclic amines) is 1. The Kier molecular flexibility index (Phi) is 4.87. The first-order valence-electron chi connectivity index (χ1n) is 7.61. The fourth-order valence-corrected chi connectivity index (χ4v) is 3.67. The van der Waals surface area contributed by atoms with E-state index in [0.29, 0.717) is 6.04 Å². The van der Waals surface area contributed by atoms with Crippen molar-refractivity contribution in [2.45, 2.75) is 64.5 Å². The molecule has 2 fully saturated rings. The Hall–Kier alpha value is -0.0800. The van der Waals surface area contributed by atoms with Crippen molar-refractivity contribution in [2.75, 3.05) is 20.1 Å². The fraction of sp³-hybridized carbons (Fsp3) is 1.00. The van der Waals surface area contributed by atoms with Gasteiger partial charge in [0.2, 0.25) is 0 Å². The van der Waals surface area contributed by atoms with Gasteiger partial charge in [0.1, 0.15) is 0 Å². The monoisotopic (exact) mass is 238 g/mol. The smallest absolute Gasteiger partial charge is 0.00705 e. The fourth-order valence-electron chi connectivity index (χ4n) is 3.67. The van der Waals surface area contributed by atoms with Crippen molar-refractivity contribution in [1.29, 1.82) is 0 Å². The van der Waals surface area contributed by atoms with Gasteiger partial charge >= 0.3 is 0 Å². The van der Waals surface area contributed by atoms with Crippen LogP contribution < -0.4 is 5.32 Å². The Morgan fingerprint density at radius 3 is 1.88 bits per heavy atom. The standard InChI is InChI=1S/C15H30N2/c1-12(14-6-4-5-7-14)16-13(2)15-8-10-17(3)11-9-15/h12-16H,4-11H2,1-3H3/t12-,13?/m1/s1. The summed E-state index contributed by atoms with van der Waals surface area (Å²) in [6.07, 6.45) is 8.57. The van der Waals surface area contributed by atoms with Crippen LogP contribution in [0, 0.1) is 11.8 Å². The lowest BCUT2D eigenvalue weighted by Gasteiger charge is -2.35. The first-order chi connectivity index (χ1) is 8.16. The van der Waals surface area contributed by atoms with E-state index in [0.717, 1.165) is 17.9 Å². The molecule has 1 saturated heterocycles. The molecular weight excluding hydrogens is 208 g/mol. The Morgan fingerprint density at radius 1 is 0.882 bits per heavy atom. The van der Waals surface area contributed by atoms with E-state index in [-0.39, 0.29) is 0 Å². The van der Waals surface area contributed by atoms with Crippen molar-refractivity contribution >= 4 is 0 Å². The summed E-state index contributed by atoms with van der Waals surface area (Å²) in [4.78, 5) is 2.46. The molecule has 2 atom stereocenters. The van der Waals surface area contributed by atoms with Crippen LogP contribution in [-0.2, 0) is 0 Å². The van der Waals surface area contributed by atoms with Gasteiger partial charge in [-0.2, -0.15) is 0 Å². The Labute approximate surface area is 107 Å². The van der Waals surface area contributed by atoms with Gasteiger partial charge in [0, 0.05) is 12.1 Å². The molecule has 1 heterocycles. The summed E-state index contributed by atoms with van der Waals surface area (Å²) in [5.41, 5.74) is 0. The third kappa shape index (κ3) is 3.69. The number of hydrogen-bond acceptors (Lipinski definition) is 2. The van der Waals surface area contributed by atoms with Crippen molar-refractivity contribution in [2.24, 2.45) is 11.8 Å². The van der Waals surface area contributed by atoms with Crippen LogP contribution >= 0.6 is 0 Å². The van der Waals surface area contributed by atoms with Crippen molar-refractivity contribution in [3.05, 3.63) is 0 Å². The third-order valence-corrected chi connectivity index (χ3v) is 5.10. The van der Waals surface area contributed by atoms with Crippen LogP contribution in [0.25, 0.3) is 0 Å². The zero-order chi connectivity index (χ0) is 12.3. The molecule has 1 N–H and O–H groups in total. The van der Waals surface area contributed by atoms with E-state index >= 15 is 0 Å². The maximum atomic E-state index is 3.89. The Balaban J connectivity index is 1.73. The first kappa shape index (κ1) is 13.4. The van der Waals surface area contributed by atoms with Crippen LogP contribution in [-0.4, -0.2) is 37.1 Å². The van der Waals surface area contributed by atoms with Crippen LogP contribution in [0.1, 0.15) is 52.4 Å². The van der Waals surface area contributed by atoms with E-state index in [9.17, 15) is 0 Å². The summed E-state index contributed by atoms with van der Waals surface area (Å²) >= 11 is 0. The minimum absolute atomic E-state index is 0.708. The van der Waals surface area contributed by atoms with Gasteiger partial charge in [-0.05, 0) is 71.5 Å². The highest BCUT2D eigenvalue weighted by molar-refractivity contribution is 4.84. The summed E-state index contributed by atoms with van der Waals surface area (Å²) in [6, 6.07) is 1.44. The molecule has 2 heteroatoms. The topological polar surface area (TPSA) is 15.3 Å².